The van der Waals surface area contributed by atoms with Gasteiger partial charge in [0.15, 0.2) is 0 Å². The molecule has 4 rings (SSSR count). The van der Waals surface area contributed by atoms with Crippen molar-refractivity contribution in [3.05, 3.63) is 92.6 Å². The molecule has 8 nitrogen and oxygen atoms in total. The highest BCUT2D eigenvalue weighted by atomic mass is 19.1. The highest BCUT2D eigenvalue weighted by Crippen LogP contribution is 2.21. The summed E-state index contributed by atoms with van der Waals surface area (Å²) in [7, 11) is 1.55. The Morgan fingerprint density at radius 2 is 1.83 bits per heavy atom. The first kappa shape index (κ1) is 25.0. The molecular formula is C27H29FN4O4. The summed E-state index contributed by atoms with van der Waals surface area (Å²) in [6.07, 6.45) is 1.95. The topological polar surface area (TPSA) is 101 Å². The maximum atomic E-state index is 13.9. The van der Waals surface area contributed by atoms with Gasteiger partial charge < -0.3 is 20.7 Å². The van der Waals surface area contributed by atoms with Crippen LogP contribution >= 0.6 is 0 Å². The second-order valence-corrected chi connectivity index (χ2v) is 8.89. The van der Waals surface area contributed by atoms with Crippen LogP contribution in [0.15, 0.2) is 53.3 Å². The van der Waals surface area contributed by atoms with Crippen LogP contribution in [0.5, 0.6) is 5.75 Å². The standard InChI is InChI=1S/C27H29FN4O4/c1-16-4-5-18(26(34)29-3)12-24(16)32-17(2)10-23(13-25(32)33)36-15-19-6-7-21(28)11-20(19)14-30-27(35)31-22-8-9-22/h4-7,10-13,22H,8-9,14-15H2,1-3H3,(H,29,34)(H2,30,31,35). The summed E-state index contributed by atoms with van der Waals surface area (Å²) in [5, 5.41) is 8.17. The zero-order valence-electron chi connectivity index (χ0n) is 20.5. The van der Waals surface area contributed by atoms with Gasteiger partial charge in [0.1, 0.15) is 18.2 Å². The van der Waals surface area contributed by atoms with Crippen LogP contribution in [-0.4, -0.2) is 29.6 Å². The molecule has 0 saturated heterocycles. The minimum absolute atomic E-state index is 0.0929. The van der Waals surface area contributed by atoms with Gasteiger partial charge >= 0.3 is 6.03 Å². The third-order valence-corrected chi connectivity index (χ3v) is 6.04. The lowest BCUT2D eigenvalue weighted by Gasteiger charge is -2.16. The Hall–Kier alpha value is -4.14. The van der Waals surface area contributed by atoms with Crippen molar-refractivity contribution in [2.24, 2.45) is 0 Å². The number of nitrogens with one attached hydrogen (secondary N) is 3. The third-order valence-electron chi connectivity index (χ3n) is 6.04. The van der Waals surface area contributed by atoms with Crippen molar-refractivity contribution < 1.29 is 18.7 Å². The molecule has 0 unspecified atom stereocenters. The van der Waals surface area contributed by atoms with Crippen LogP contribution in [0, 0.1) is 19.7 Å². The molecule has 1 aliphatic carbocycles. The first-order valence-electron chi connectivity index (χ1n) is 11.8. The van der Waals surface area contributed by atoms with E-state index in [4.69, 9.17) is 4.74 Å². The smallest absolute Gasteiger partial charge is 0.315 e. The first-order chi connectivity index (χ1) is 17.2. The van der Waals surface area contributed by atoms with Crippen molar-refractivity contribution in [1.29, 1.82) is 0 Å². The first-order valence-corrected chi connectivity index (χ1v) is 11.8. The Morgan fingerprint density at radius 3 is 2.53 bits per heavy atom. The Balaban J connectivity index is 1.51. The summed E-state index contributed by atoms with van der Waals surface area (Å²) in [6.45, 7) is 3.90. The predicted molar refractivity (Wildman–Crippen MR) is 134 cm³/mol. The van der Waals surface area contributed by atoms with Gasteiger partial charge in [-0.1, -0.05) is 12.1 Å². The summed E-state index contributed by atoms with van der Waals surface area (Å²) in [4.78, 5) is 37.1. The summed E-state index contributed by atoms with van der Waals surface area (Å²) in [5.41, 5.74) is 3.52. The Labute approximate surface area is 208 Å². The van der Waals surface area contributed by atoms with Gasteiger partial charge in [-0.25, -0.2) is 9.18 Å². The highest BCUT2D eigenvalue weighted by Gasteiger charge is 2.23. The monoisotopic (exact) mass is 492 g/mol. The average molecular weight is 493 g/mol. The molecule has 3 N–H and O–H groups in total. The van der Waals surface area contributed by atoms with Crippen LogP contribution in [-0.2, 0) is 13.2 Å². The van der Waals surface area contributed by atoms with Gasteiger partial charge in [0.05, 0.1) is 5.69 Å². The summed E-state index contributed by atoms with van der Waals surface area (Å²) >= 11 is 0. The number of benzene rings is 2. The second kappa shape index (κ2) is 10.6. The lowest BCUT2D eigenvalue weighted by atomic mass is 10.1. The lowest BCUT2D eigenvalue weighted by Crippen LogP contribution is -2.36. The molecule has 36 heavy (non-hydrogen) atoms. The van der Waals surface area contributed by atoms with E-state index in [9.17, 15) is 18.8 Å². The quantitative estimate of drug-likeness (QED) is 0.448. The molecule has 1 saturated carbocycles. The zero-order chi connectivity index (χ0) is 25.8. The van der Waals surface area contributed by atoms with Gasteiger partial charge in [-0.05, 0) is 67.6 Å². The Bertz CT molecular complexity index is 1360. The van der Waals surface area contributed by atoms with Crippen LogP contribution in [0.25, 0.3) is 5.69 Å². The highest BCUT2D eigenvalue weighted by molar-refractivity contribution is 5.94. The van der Waals surface area contributed by atoms with Crippen LogP contribution in [0.1, 0.15) is 45.6 Å². The van der Waals surface area contributed by atoms with E-state index < -0.39 is 5.82 Å². The van der Waals surface area contributed by atoms with Crippen LogP contribution in [0.2, 0.25) is 0 Å². The number of aromatic nitrogens is 1. The number of nitrogens with zero attached hydrogens (tertiary/aromatic N) is 1. The van der Waals surface area contributed by atoms with Gasteiger partial charge in [-0.2, -0.15) is 0 Å². The molecule has 1 heterocycles. The number of rotatable bonds is 8. The summed E-state index contributed by atoms with van der Waals surface area (Å²) < 4.78 is 21.3. The number of carbonyl (C=O) groups excluding carboxylic acids is 2. The SMILES string of the molecule is CNC(=O)c1ccc(C)c(-n2c(C)cc(OCc3ccc(F)cc3CNC(=O)NC3CC3)cc2=O)c1. The number of halogens is 1. The van der Waals surface area contributed by atoms with Gasteiger partial charge in [-0.3, -0.25) is 14.2 Å². The average Bonchev–Trinajstić information content (AvgIpc) is 3.66. The molecule has 3 aromatic rings. The summed E-state index contributed by atoms with van der Waals surface area (Å²) in [6, 6.07) is 12.5. The number of amides is 3. The third kappa shape index (κ3) is 5.91. The fourth-order valence-corrected chi connectivity index (χ4v) is 3.90. The Morgan fingerprint density at radius 1 is 1.06 bits per heavy atom. The molecule has 0 spiro atoms. The molecule has 0 bridgehead atoms. The van der Waals surface area contributed by atoms with E-state index in [1.165, 1.54) is 22.8 Å². The molecule has 1 aliphatic rings. The normalized spacial score (nSPS) is 12.7. The van der Waals surface area contributed by atoms with E-state index in [0.717, 1.165) is 18.4 Å². The zero-order valence-corrected chi connectivity index (χ0v) is 20.5. The van der Waals surface area contributed by atoms with Crippen molar-refractivity contribution in [3.63, 3.8) is 0 Å². The van der Waals surface area contributed by atoms with Crippen LogP contribution in [0.4, 0.5) is 9.18 Å². The fourth-order valence-electron chi connectivity index (χ4n) is 3.90. The number of ether oxygens (including phenoxy) is 1. The molecule has 3 amide bonds. The lowest BCUT2D eigenvalue weighted by molar-refractivity contribution is 0.0963. The number of hydrogen-bond acceptors (Lipinski definition) is 4. The molecule has 9 heteroatoms. The van der Waals surface area contributed by atoms with E-state index in [1.54, 1.807) is 44.3 Å². The van der Waals surface area contributed by atoms with Crippen LogP contribution < -0.4 is 26.2 Å². The van der Waals surface area contributed by atoms with Crippen molar-refractivity contribution in [1.82, 2.24) is 20.5 Å². The minimum Gasteiger partial charge on any atom is -0.489 e. The number of urea groups is 1. The maximum absolute atomic E-state index is 13.9. The predicted octanol–water partition coefficient (Wildman–Crippen LogP) is 3.49. The fraction of sp³-hybridized carbons (Fsp3) is 0.296. The number of aryl methyl sites for hydroxylation is 2. The minimum atomic E-state index is -0.411. The van der Waals surface area contributed by atoms with Crippen molar-refractivity contribution in [3.8, 4) is 11.4 Å². The Kier molecular flexibility index (Phi) is 7.38. The van der Waals surface area contributed by atoms with E-state index >= 15 is 0 Å². The molecule has 1 aromatic heterocycles. The van der Waals surface area contributed by atoms with E-state index in [0.29, 0.717) is 33.8 Å². The second-order valence-electron chi connectivity index (χ2n) is 8.89. The molecule has 0 aliphatic heterocycles. The molecular weight excluding hydrogens is 463 g/mol. The maximum Gasteiger partial charge on any atom is 0.315 e. The van der Waals surface area contributed by atoms with E-state index in [1.807, 2.05) is 6.92 Å². The summed E-state index contributed by atoms with van der Waals surface area (Å²) in [5.74, 6) is -0.286. The van der Waals surface area contributed by atoms with Gasteiger partial charge in [-0.15, -0.1) is 0 Å². The molecule has 0 atom stereocenters. The molecule has 188 valence electrons. The van der Waals surface area contributed by atoms with Gasteiger partial charge in [0, 0.05) is 43.0 Å². The molecule has 0 radical (unpaired) electrons. The molecule has 1 fully saturated rings. The van der Waals surface area contributed by atoms with Crippen molar-refractivity contribution in [2.45, 2.75) is 45.9 Å². The largest absolute Gasteiger partial charge is 0.489 e. The number of pyridine rings is 1. The van der Waals surface area contributed by atoms with Crippen LogP contribution in [0.3, 0.4) is 0 Å². The van der Waals surface area contributed by atoms with Crippen molar-refractivity contribution in [2.75, 3.05) is 7.05 Å². The number of carbonyl (C=O) groups is 2. The van der Waals surface area contributed by atoms with Crippen molar-refractivity contribution >= 4 is 11.9 Å². The number of hydrogen-bond donors (Lipinski definition) is 3. The van der Waals surface area contributed by atoms with E-state index in [-0.39, 0.29) is 36.7 Å². The van der Waals surface area contributed by atoms with E-state index in [2.05, 4.69) is 16.0 Å². The van der Waals surface area contributed by atoms with Gasteiger partial charge in [0.25, 0.3) is 11.5 Å². The molecule has 2 aromatic carbocycles. The van der Waals surface area contributed by atoms with Gasteiger partial charge in [0.2, 0.25) is 0 Å².